The van der Waals surface area contributed by atoms with Crippen molar-refractivity contribution >= 4 is 21.9 Å². The van der Waals surface area contributed by atoms with E-state index in [1.807, 2.05) is 30.7 Å². The minimum absolute atomic E-state index is 0.206. The predicted octanol–water partition coefficient (Wildman–Crippen LogP) is 3.23. The van der Waals surface area contributed by atoms with Gasteiger partial charge in [0.25, 0.3) is 0 Å². The van der Waals surface area contributed by atoms with Crippen molar-refractivity contribution in [3.8, 4) is 0 Å². The third-order valence-electron chi connectivity index (χ3n) is 4.38. The molecule has 2 heterocycles. The summed E-state index contributed by atoms with van der Waals surface area (Å²) in [7, 11) is 0. The normalized spacial score (nSPS) is 20.1. The van der Waals surface area contributed by atoms with Crippen LogP contribution < -0.4 is 0 Å². The number of hydrogen-bond acceptors (Lipinski definition) is 3. The Bertz CT molecular complexity index is 849. The van der Waals surface area contributed by atoms with Crippen molar-refractivity contribution in [1.82, 2.24) is 14.5 Å². The molecule has 0 spiro atoms. The van der Waals surface area contributed by atoms with Crippen LogP contribution in [0.4, 0.5) is 0 Å². The van der Waals surface area contributed by atoms with E-state index in [2.05, 4.69) is 33.6 Å². The van der Waals surface area contributed by atoms with Gasteiger partial charge in [-0.1, -0.05) is 24.3 Å². The minimum Gasteiger partial charge on any atom is -0.392 e. The molecule has 1 aromatic carbocycles. The van der Waals surface area contributed by atoms with E-state index in [1.165, 1.54) is 5.57 Å². The summed E-state index contributed by atoms with van der Waals surface area (Å²) in [6.45, 7) is 2.17. The first-order valence-electron chi connectivity index (χ1n) is 7.31. The van der Waals surface area contributed by atoms with Gasteiger partial charge in [0.05, 0.1) is 35.7 Å². The molecule has 0 saturated carbocycles. The van der Waals surface area contributed by atoms with Gasteiger partial charge in [-0.05, 0) is 31.4 Å². The van der Waals surface area contributed by atoms with Crippen molar-refractivity contribution < 1.29 is 5.11 Å². The van der Waals surface area contributed by atoms with Crippen LogP contribution in [0, 0.1) is 0 Å². The SMILES string of the molecule is C[C@H](C1=CCC(O)C1)n1cnc2cnc3ccccc3c21. The van der Waals surface area contributed by atoms with Crippen LogP contribution in [-0.2, 0) is 0 Å². The van der Waals surface area contributed by atoms with E-state index in [4.69, 9.17) is 0 Å². The number of hydrogen-bond donors (Lipinski definition) is 1. The summed E-state index contributed by atoms with van der Waals surface area (Å²) in [5.74, 6) is 0. The summed E-state index contributed by atoms with van der Waals surface area (Å²) in [6, 6.07) is 8.35. The number of aliphatic hydroxyl groups excluding tert-OH is 1. The number of nitrogens with zero attached hydrogens (tertiary/aromatic N) is 3. The summed E-state index contributed by atoms with van der Waals surface area (Å²) < 4.78 is 2.20. The Labute approximate surface area is 122 Å². The first-order chi connectivity index (χ1) is 10.2. The van der Waals surface area contributed by atoms with Gasteiger partial charge in [-0.2, -0.15) is 0 Å². The molecule has 4 heteroatoms. The van der Waals surface area contributed by atoms with Crippen LogP contribution in [0.2, 0.25) is 0 Å². The molecule has 0 saturated heterocycles. The van der Waals surface area contributed by atoms with Gasteiger partial charge < -0.3 is 9.67 Å². The Balaban J connectivity index is 1.91. The summed E-state index contributed by atoms with van der Waals surface area (Å²) in [5, 5.41) is 10.9. The minimum atomic E-state index is -0.226. The van der Waals surface area contributed by atoms with Crippen molar-refractivity contribution in [2.45, 2.75) is 31.9 Å². The molecule has 0 bridgehead atoms. The predicted molar refractivity (Wildman–Crippen MR) is 83.1 cm³/mol. The topological polar surface area (TPSA) is 50.9 Å². The second kappa shape index (κ2) is 4.67. The fraction of sp³-hybridized carbons (Fsp3) is 0.294. The van der Waals surface area contributed by atoms with Crippen LogP contribution in [0.5, 0.6) is 0 Å². The molecule has 1 aliphatic rings. The quantitative estimate of drug-likeness (QED) is 0.733. The molecule has 3 aromatic rings. The van der Waals surface area contributed by atoms with Gasteiger partial charge in [0.1, 0.15) is 5.52 Å². The van der Waals surface area contributed by atoms with Gasteiger partial charge in [-0.25, -0.2) is 4.98 Å². The van der Waals surface area contributed by atoms with Crippen molar-refractivity contribution in [3.05, 3.63) is 48.4 Å². The maximum Gasteiger partial charge on any atom is 0.107 e. The first kappa shape index (κ1) is 12.5. The summed E-state index contributed by atoms with van der Waals surface area (Å²) >= 11 is 0. The monoisotopic (exact) mass is 279 g/mol. The highest BCUT2D eigenvalue weighted by molar-refractivity contribution is 6.02. The maximum absolute atomic E-state index is 9.74. The molecule has 4 nitrogen and oxygen atoms in total. The molecular formula is C17H17N3O. The number of benzene rings is 1. The average Bonchev–Trinajstić information content (AvgIpc) is 3.13. The summed E-state index contributed by atoms with van der Waals surface area (Å²) in [4.78, 5) is 8.95. The van der Waals surface area contributed by atoms with Gasteiger partial charge >= 0.3 is 0 Å². The molecule has 4 rings (SSSR count). The molecule has 106 valence electrons. The largest absolute Gasteiger partial charge is 0.392 e. The molecular weight excluding hydrogens is 262 g/mol. The molecule has 0 fully saturated rings. The highest BCUT2D eigenvalue weighted by atomic mass is 16.3. The highest BCUT2D eigenvalue weighted by Crippen LogP contribution is 2.32. The smallest absolute Gasteiger partial charge is 0.107 e. The number of aromatic nitrogens is 3. The van der Waals surface area contributed by atoms with Crippen molar-refractivity contribution in [1.29, 1.82) is 0 Å². The Morgan fingerprint density at radius 2 is 2.10 bits per heavy atom. The standard InChI is InChI=1S/C17H17N3O/c1-11(12-6-7-13(21)8-12)20-10-19-16-9-18-15-5-3-2-4-14(15)17(16)20/h2-6,9-11,13,21H,7-8H2,1H3/t11-,13?/m1/s1. The van der Waals surface area contributed by atoms with E-state index < -0.39 is 0 Å². The van der Waals surface area contributed by atoms with Crippen molar-refractivity contribution in [2.75, 3.05) is 0 Å². The van der Waals surface area contributed by atoms with Crippen LogP contribution in [0.1, 0.15) is 25.8 Å². The van der Waals surface area contributed by atoms with Gasteiger partial charge in [0.15, 0.2) is 0 Å². The second-order valence-electron chi connectivity index (χ2n) is 5.71. The van der Waals surface area contributed by atoms with Crippen LogP contribution in [0.25, 0.3) is 21.9 Å². The van der Waals surface area contributed by atoms with Crippen LogP contribution in [0.15, 0.2) is 48.4 Å². The fourth-order valence-electron chi connectivity index (χ4n) is 3.20. The first-order valence-corrected chi connectivity index (χ1v) is 7.31. The summed E-state index contributed by atoms with van der Waals surface area (Å²) in [6.07, 6.45) is 7.16. The number of para-hydroxylation sites is 1. The number of aliphatic hydroxyl groups is 1. The molecule has 2 aromatic heterocycles. The molecule has 1 unspecified atom stereocenters. The molecule has 0 aliphatic heterocycles. The number of imidazole rings is 1. The van der Waals surface area contributed by atoms with Gasteiger partial charge in [-0.15, -0.1) is 0 Å². The van der Waals surface area contributed by atoms with Crippen molar-refractivity contribution in [2.24, 2.45) is 0 Å². The lowest BCUT2D eigenvalue weighted by molar-refractivity contribution is 0.186. The molecule has 0 radical (unpaired) electrons. The number of pyridine rings is 1. The Kier molecular flexibility index (Phi) is 2.79. The van der Waals surface area contributed by atoms with E-state index in [1.54, 1.807) is 0 Å². The van der Waals surface area contributed by atoms with E-state index in [0.717, 1.165) is 34.8 Å². The van der Waals surface area contributed by atoms with E-state index in [-0.39, 0.29) is 12.1 Å². The van der Waals surface area contributed by atoms with Crippen LogP contribution >= 0.6 is 0 Å². The lowest BCUT2D eigenvalue weighted by Gasteiger charge is -2.17. The molecule has 1 N–H and O–H groups in total. The summed E-state index contributed by atoms with van der Waals surface area (Å²) in [5.41, 5.74) is 4.30. The van der Waals surface area contributed by atoms with E-state index in [9.17, 15) is 5.11 Å². The van der Waals surface area contributed by atoms with Crippen LogP contribution in [-0.4, -0.2) is 25.7 Å². The fourth-order valence-corrected chi connectivity index (χ4v) is 3.20. The van der Waals surface area contributed by atoms with Gasteiger partial charge in [-0.3, -0.25) is 4.98 Å². The zero-order chi connectivity index (χ0) is 14.4. The molecule has 2 atom stereocenters. The molecule has 0 amide bonds. The van der Waals surface area contributed by atoms with Crippen LogP contribution in [0.3, 0.4) is 0 Å². The highest BCUT2D eigenvalue weighted by Gasteiger charge is 2.21. The Morgan fingerprint density at radius 1 is 1.24 bits per heavy atom. The van der Waals surface area contributed by atoms with Gasteiger partial charge in [0, 0.05) is 5.39 Å². The van der Waals surface area contributed by atoms with E-state index in [0.29, 0.717) is 0 Å². The maximum atomic E-state index is 9.74. The number of rotatable bonds is 2. The number of fused-ring (bicyclic) bond motifs is 3. The third-order valence-corrected chi connectivity index (χ3v) is 4.38. The van der Waals surface area contributed by atoms with Crippen molar-refractivity contribution in [3.63, 3.8) is 0 Å². The Hall–Kier alpha value is -2.20. The lowest BCUT2D eigenvalue weighted by atomic mass is 10.1. The molecule has 21 heavy (non-hydrogen) atoms. The Morgan fingerprint density at radius 3 is 2.90 bits per heavy atom. The second-order valence-corrected chi connectivity index (χ2v) is 5.71. The average molecular weight is 279 g/mol. The van der Waals surface area contributed by atoms with Gasteiger partial charge in [0.2, 0.25) is 0 Å². The lowest BCUT2D eigenvalue weighted by Crippen LogP contribution is -2.08. The third kappa shape index (κ3) is 1.94. The zero-order valence-electron chi connectivity index (χ0n) is 11.9. The zero-order valence-corrected chi connectivity index (χ0v) is 11.9. The van der Waals surface area contributed by atoms with E-state index >= 15 is 0 Å². The molecule has 1 aliphatic carbocycles.